The molecule has 0 aromatic rings. The Balaban J connectivity index is 3.98. The van der Waals surface area contributed by atoms with Crippen LogP contribution in [0.4, 0.5) is 0 Å². The van der Waals surface area contributed by atoms with Gasteiger partial charge in [0.15, 0.2) is 0 Å². The van der Waals surface area contributed by atoms with Crippen LogP contribution in [0.2, 0.25) is 0 Å². The van der Waals surface area contributed by atoms with E-state index in [2.05, 4.69) is 10.5 Å². The number of rotatable bonds is 5. The first-order valence-corrected chi connectivity index (χ1v) is 5.53. The zero-order chi connectivity index (χ0) is 9.45. The minimum absolute atomic E-state index is 0.501. The summed E-state index contributed by atoms with van der Waals surface area (Å²) in [5.41, 5.74) is 2.51. The third-order valence-electron chi connectivity index (χ3n) is 1.22. The highest BCUT2D eigenvalue weighted by molar-refractivity contribution is 7.92. The van der Waals surface area contributed by atoms with Crippen molar-refractivity contribution < 1.29 is 8.42 Å². The van der Waals surface area contributed by atoms with Gasteiger partial charge in [-0.15, -0.1) is 5.73 Å². The van der Waals surface area contributed by atoms with Crippen LogP contribution >= 0.6 is 0 Å². The van der Waals surface area contributed by atoms with Crippen LogP contribution in [-0.2, 0) is 10.0 Å². The van der Waals surface area contributed by atoms with Crippen molar-refractivity contribution in [1.82, 2.24) is 4.72 Å². The summed E-state index contributed by atoms with van der Waals surface area (Å²) in [5, 5.41) is 1.04. The van der Waals surface area contributed by atoms with Gasteiger partial charge in [-0.3, -0.25) is 0 Å². The molecule has 0 saturated heterocycles. The molecule has 1 N–H and O–H groups in total. The molecule has 0 aliphatic carbocycles. The molecule has 0 aliphatic rings. The molecule has 0 bridgehead atoms. The lowest BCUT2D eigenvalue weighted by molar-refractivity contribution is 0.587. The Labute approximate surface area is 74.2 Å². The molecular weight excluding hydrogens is 174 g/mol. The van der Waals surface area contributed by atoms with Gasteiger partial charge in [-0.05, 0) is 19.4 Å². The average Bonchev–Trinajstić information content (AvgIpc) is 2.01. The van der Waals surface area contributed by atoms with E-state index in [1.807, 2.05) is 6.92 Å². The van der Waals surface area contributed by atoms with Crippen molar-refractivity contribution in [2.75, 3.05) is 6.54 Å². The fraction of sp³-hybridized carbons (Fsp3) is 0.625. The molecule has 0 heterocycles. The Morgan fingerprint density at radius 3 is 2.67 bits per heavy atom. The summed E-state index contributed by atoms with van der Waals surface area (Å²) in [7, 11) is -3.23. The molecule has 0 aromatic carbocycles. The van der Waals surface area contributed by atoms with Crippen molar-refractivity contribution in [3.05, 3.63) is 17.2 Å². The first-order chi connectivity index (χ1) is 5.62. The lowest BCUT2D eigenvalue weighted by Gasteiger charge is -1.98. The molecule has 0 aromatic heterocycles. The summed E-state index contributed by atoms with van der Waals surface area (Å²) in [6, 6.07) is 0. The number of hydrogen-bond donors (Lipinski definition) is 1. The van der Waals surface area contributed by atoms with Crippen LogP contribution in [0.1, 0.15) is 26.7 Å². The van der Waals surface area contributed by atoms with Crippen LogP contribution in [0.15, 0.2) is 17.2 Å². The quantitative estimate of drug-likeness (QED) is 0.525. The van der Waals surface area contributed by atoms with Gasteiger partial charge in [-0.2, -0.15) is 0 Å². The van der Waals surface area contributed by atoms with Crippen LogP contribution in [0.3, 0.4) is 0 Å². The minimum atomic E-state index is -3.23. The molecule has 12 heavy (non-hydrogen) atoms. The van der Waals surface area contributed by atoms with Gasteiger partial charge in [-0.1, -0.05) is 13.3 Å². The first-order valence-electron chi connectivity index (χ1n) is 3.99. The summed E-state index contributed by atoms with van der Waals surface area (Å²) < 4.78 is 24.5. The Morgan fingerprint density at radius 1 is 1.50 bits per heavy atom. The minimum Gasteiger partial charge on any atom is -0.211 e. The molecule has 0 aliphatic heterocycles. The van der Waals surface area contributed by atoms with Crippen molar-refractivity contribution in [1.29, 1.82) is 0 Å². The Morgan fingerprint density at radius 2 is 2.17 bits per heavy atom. The maximum Gasteiger partial charge on any atom is 0.241 e. The molecule has 70 valence electrons. The molecule has 0 spiro atoms. The predicted octanol–water partition coefficient (Wildman–Crippen LogP) is 1.39. The topological polar surface area (TPSA) is 46.2 Å². The maximum absolute atomic E-state index is 11.0. The van der Waals surface area contributed by atoms with Gasteiger partial charge < -0.3 is 0 Å². The van der Waals surface area contributed by atoms with Crippen LogP contribution in [0, 0.1) is 0 Å². The van der Waals surface area contributed by atoms with Crippen molar-refractivity contribution in [2.24, 2.45) is 0 Å². The average molecular weight is 189 g/mol. The lowest BCUT2D eigenvalue weighted by atomic mass is 10.3. The number of sulfonamides is 1. The van der Waals surface area contributed by atoms with Gasteiger partial charge in [0.2, 0.25) is 10.0 Å². The van der Waals surface area contributed by atoms with Crippen molar-refractivity contribution in [2.45, 2.75) is 26.7 Å². The molecule has 3 nitrogen and oxygen atoms in total. The van der Waals surface area contributed by atoms with E-state index in [9.17, 15) is 8.42 Å². The summed E-state index contributed by atoms with van der Waals surface area (Å²) >= 11 is 0. The molecule has 0 radical (unpaired) electrons. The van der Waals surface area contributed by atoms with Gasteiger partial charge in [0.25, 0.3) is 0 Å². The van der Waals surface area contributed by atoms with Crippen LogP contribution in [-0.4, -0.2) is 15.0 Å². The lowest BCUT2D eigenvalue weighted by Crippen LogP contribution is -2.21. The standard InChI is InChI=1S/C8H15NO2S/c1-3-5-7-9-12(10,11)8-6-4-2/h4,8-9H,3,5,7H2,1-2H3. The van der Waals surface area contributed by atoms with Gasteiger partial charge in [0, 0.05) is 6.54 Å². The molecule has 4 heteroatoms. The Hall–Kier alpha value is -0.570. The van der Waals surface area contributed by atoms with E-state index >= 15 is 0 Å². The number of unbranched alkanes of at least 4 members (excludes halogenated alkanes) is 1. The van der Waals surface area contributed by atoms with Gasteiger partial charge in [0.1, 0.15) is 0 Å². The maximum atomic E-state index is 11.0. The largest absolute Gasteiger partial charge is 0.241 e. The van der Waals surface area contributed by atoms with Crippen LogP contribution in [0.25, 0.3) is 0 Å². The summed E-state index contributed by atoms with van der Waals surface area (Å²) in [6.07, 6.45) is 3.40. The third kappa shape index (κ3) is 6.16. The Kier molecular flexibility index (Phi) is 5.72. The van der Waals surface area contributed by atoms with Crippen molar-refractivity contribution >= 4 is 10.0 Å². The molecule has 0 saturated carbocycles. The highest BCUT2D eigenvalue weighted by Crippen LogP contribution is 1.88. The molecule has 0 atom stereocenters. The van der Waals surface area contributed by atoms with E-state index in [1.165, 1.54) is 0 Å². The molecule has 0 fully saturated rings. The second-order valence-corrected chi connectivity index (χ2v) is 3.98. The van der Waals surface area contributed by atoms with Crippen molar-refractivity contribution in [3.8, 4) is 0 Å². The fourth-order valence-electron chi connectivity index (χ4n) is 0.590. The zero-order valence-electron chi connectivity index (χ0n) is 7.50. The number of allylic oxidation sites excluding steroid dienone is 1. The third-order valence-corrected chi connectivity index (χ3v) is 2.28. The number of nitrogens with one attached hydrogen (secondary N) is 1. The van der Waals surface area contributed by atoms with E-state index in [-0.39, 0.29) is 0 Å². The molecule has 0 rings (SSSR count). The van der Waals surface area contributed by atoms with E-state index in [0.717, 1.165) is 18.2 Å². The van der Waals surface area contributed by atoms with Gasteiger partial charge in [0.05, 0.1) is 5.41 Å². The fourth-order valence-corrected chi connectivity index (χ4v) is 1.42. The molecule has 0 unspecified atom stereocenters. The van der Waals surface area contributed by atoms with Gasteiger partial charge >= 0.3 is 0 Å². The summed E-state index contributed by atoms with van der Waals surface area (Å²) in [5.74, 6) is 0. The van der Waals surface area contributed by atoms with E-state index in [0.29, 0.717) is 6.54 Å². The normalized spacial score (nSPS) is 10.5. The second kappa shape index (κ2) is 6.00. The van der Waals surface area contributed by atoms with E-state index < -0.39 is 10.0 Å². The van der Waals surface area contributed by atoms with E-state index in [1.54, 1.807) is 13.0 Å². The first kappa shape index (κ1) is 11.4. The van der Waals surface area contributed by atoms with E-state index in [4.69, 9.17) is 0 Å². The Bertz CT molecular complexity index is 261. The summed E-state index contributed by atoms with van der Waals surface area (Å²) in [4.78, 5) is 0. The van der Waals surface area contributed by atoms with Crippen LogP contribution < -0.4 is 4.72 Å². The molecular formula is C8H15NO2S. The highest BCUT2D eigenvalue weighted by atomic mass is 32.2. The highest BCUT2D eigenvalue weighted by Gasteiger charge is 2.01. The van der Waals surface area contributed by atoms with Crippen molar-refractivity contribution in [3.63, 3.8) is 0 Å². The molecule has 0 amide bonds. The smallest absolute Gasteiger partial charge is 0.211 e. The number of hydrogen-bond acceptors (Lipinski definition) is 2. The zero-order valence-corrected chi connectivity index (χ0v) is 8.32. The van der Waals surface area contributed by atoms with Gasteiger partial charge in [-0.25, -0.2) is 13.1 Å². The predicted molar refractivity (Wildman–Crippen MR) is 50.2 cm³/mol. The second-order valence-electron chi connectivity index (χ2n) is 2.37. The summed E-state index contributed by atoms with van der Waals surface area (Å²) in [6.45, 7) is 4.23. The SMILES string of the molecule is CC=C=CS(=O)(=O)NCCCC. The van der Waals surface area contributed by atoms with Crippen LogP contribution in [0.5, 0.6) is 0 Å². The monoisotopic (exact) mass is 189 g/mol.